The minimum Gasteiger partial charge on any atom is -0.507 e. The fourth-order valence-electron chi connectivity index (χ4n) is 5.17. The Kier molecular flexibility index (Phi) is 5.32. The summed E-state index contributed by atoms with van der Waals surface area (Å²) >= 11 is 0. The molecule has 1 saturated carbocycles. The van der Waals surface area contributed by atoms with Gasteiger partial charge in [0.15, 0.2) is 0 Å². The molecule has 1 saturated heterocycles. The Morgan fingerprint density at radius 3 is 2.55 bits per heavy atom. The maximum absolute atomic E-state index is 13.4. The average molecular weight is 447 g/mol. The number of aromatic nitrogens is 1. The van der Waals surface area contributed by atoms with Crippen LogP contribution >= 0.6 is 0 Å². The molecular formula is C26H26N2O5. The van der Waals surface area contributed by atoms with Crippen molar-refractivity contribution >= 4 is 28.4 Å². The van der Waals surface area contributed by atoms with Crippen molar-refractivity contribution in [3.63, 3.8) is 0 Å². The number of methoxy groups -OCH3 is 2. The highest BCUT2D eigenvalue weighted by Crippen LogP contribution is 2.46. The molecule has 2 aromatic carbocycles. The van der Waals surface area contributed by atoms with Gasteiger partial charge in [0.1, 0.15) is 17.3 Å². The van der Waals surface area contributed by atoms with Gasteiger partial charge in [-0.25, -0.2) is 0 Å². The lowest BCUT2D eigenvalue weighted by Crippen LogP contribution is -2.37. The number of nitrogens with one attached hydrogen (secondary N) is 1. The Bertz CT molecular complexity index is 1270. The molecule has 2 N–H and O–H groups in total. The van der Waals surface area contributed by atoms with Gasteiger partial charge in [0.2, 0.25) is 0 Å². The third-order valence-corrected chi connectivity index (χ3v) is 6.78. The number of rotatable bonds is 5. The first kappa shape index (κ1) is 21.1. The first-order valence-corrected chi connectivity index (χ1v) is 11.1. The number of carbonyl (C=O) groups excluding carboxylic acids is 2. The predicted molar refractivity (Wildman–Crippen MR) is 124 cm³/mol. The van der Waals surface area contributed by atoms with E-state index in [1.807, 2.05) is 30.5 Å². The highest BCUT2D eigenvalue weighted by atomic mass is 16.5. The van der Waals surface area contributed by atoms with Gasteiger partial charge in [0.25, 0.3) is 11.7 Å². The number of para-hydroxylation sites is 1. The number of likely N-dealkylation sites (tertiary alicyclic amines) is 1. The van der Waals surface area contributed by atoms with E-state index in [1.165, 1.54) is 7.11 Å². The number of aliphatic hydroxyl groups excluding tert-OH is 1. The number of nitrogens with zero attached hydrogens (tertiary/aromatic N) is 1. The zero-order valence-electron chi connectivity index (χ0n) is 18.6. The summed E-state index contributed by atoms with van der Waals surface area (Å²) in [4.78, 5) is 31.6. The van der Waals surface area contributed by atoms with Crippen LogP contribution in [0.25, 0.3) is 16.7 Å². The molecule has 3 aromatic rings. The minimum absolute atomic E-state index is 0.0387. The van der Waals surface area contributed by atoms with Crippen molar-refractivity contribution in [2.45, 2.75) is 37.8 Å². The van der Waals surface area contributed by atoms with Crippen LogP contribution < -0.4 is 9.47 Å². The molecule has 33 heavy (non-hydrogen) atoms. The highest BCUT2D eigenvalue weighted by Gasteiger charge is 2.50. The molecule has 1 amide bonds. The molecule has 2 heterocycles. The zero-order valence-corrected chi connectivity index (χ0v) is 18.6. The standard InChI is InChI=1S/C26H26N2O5/c1-32-16-11-12-18(21(13-16)33-2)24(29)22-23(19-14-27-20-10-6-5-9-17(19)20)28(26(31)25(22)30)15-7-3-4-8-15/h5-6,9-15,23,27,29H,3-4,7-8H2,1-2H3/b24-22+. The van der Waals surface area contributed by atoms with Crippen LogP contribution in [0.4, 0.5) is 0 Å². The predicted octanol–water partition coefficient (Wildman–Crippen LogP) is 4.55. The van der Waals surface area contributed by atoms with Crippen molar-refractivity contribution < 1.29 is 24.2 Å². The van der Waals surface area contributed by atoms with E-state index in [0.29, 0.717) is 17.1 Å². The molecule has 2 fully saturated rings. The summed E-state index contributed by atoms with van der Waals surface area (Å²) in [5, 5.41) is 12.4. The molecular weight excluding hydrogens is 420 g/mol. The largest absolute Gasteiger partial charge is 0.507 e. The topological polar surface area (TPSA) is 91.9 Å². The first-order valence-electron chi connectivity index (χ1n) is 11.1. The van der Waals surface area contributed by atoms with Crippen LogP contribution in [0.3, 0.4) is 0 Å². The van der Waals surface area contributed by atoms with Gasteiger partial charge in [-0.2, -0.15) is 0 Å². The van der Waals surface area contributed by atoms with Gasteiger partial charge in [-0.1, -0.05) is 31.0 Å². The summed E-state index contributed by atoms with van der Waals surface area (Å²) in [6.45, 7) is 0. The summed E-state index contributed by atoms with van der Waals surface area (Å²) in [6, 6.07) is 12.0. The van der Waals surface area contributed by atoms with E-state index in [2.05, 4.69) is 4.98 Å². The number of carbonyl (C=O) groups is 2. The molecule has 0 radical (unpaired) electrons. The molecule has 1 aliphatic carbocycles. The van der Waals surface area contributed by atoms with Crippen molar-refractivity contribution in [3.8, 4) is 11.5 Å². The Morgan fingerprint density at radius 1 is 1.06 bits per heavy atom. The second kappa shape index (κ2) is 8.31. The maximum atomic E-state index is 13.4. The number of amides is 1. The Balaban J connectivity index is 1.74. The SMILES string of the molecule is COc1ccc(/C(O)=C2\C(=O)C(=O)N(C3CCCC3)C2c2c[nH]c3ccccc23)c(OC)c1. The van der Waals surface area contributed by atoms with Crippen LogP contribution in [-0.2, 0) is 9.59 Å². The number of benzene rings is 2. The van der Waals surface area contributed by atoms with E-state index in [9.17, 15) is 14.7 Å². The fraction of sp³-hybridized carbons (Fsp3) is 0.308. The summed E-state index contributed by atoms with van der Waals surface area (Å²) in [7, 11) is 3.03. The van der Waals surface area contributed by atoms with E-state index < -0.39 is 17.7 Å². The average Bonchev–Trinajstić information content (AvgIpc) is 3.57. The van der Waals surface area contributed by atoms with Gasteiger partial charge in [0.05, 0.1) is 31.4 Å². The Hall–Kier alpha value is -3.74. The normalized spacial score (nSPS) is 20.7. The van der Waals surface area contributed by atoms with Gasteiger partial charge in [-0.3, -0.25) is 9.59 Å². The lowest BCUT2D eigenvalue weighted by molar-refractivity contribution is -0.141. The summed E-state index contributed by atoms with van der Waals surface area (Å²) < 4.78 is 10.7. The second-order valence-corrected chi connectivity index (χ2v) is 8.50. The monoisotopic (exact) mass is 446 g/mol. The van der Waals surface area contributed by atoms with Crippen LogP contribution in [0.1, 0.15) is 42.9 Å². The number of aromatic amines is 1. The number of fused-ring (bicyclic) bond motifs is 1. The van der Waals surface area contributed by atoms with E-state index in [-0.39, 0.29) is 17.4 Å². The lowest BCUT2D eigenvalue weighted by Gasteiger charge is -2.30. The van der Waals surface area contributed by atoms with Crippen molar-refractivity contribution in [1.82, 2.24) is 9.88 Å². The first-order chi connectivity index (χ1) is 16.0. The summed E-state index contributed by atoms with van der Waals surface area (Å²) in [5.41, 5.74) is 2.13. The van der Waals surface area contributed by atoms with Crippen molar-refractivity contribution in [1.29, 1.82) is 0 Å². The second-order valence-electron chi connectivity index (χ2n) is 8.50. The van der Waals surface area contributed by atoms with E-state index in [0.717, 1.165) is 42.1 Å². The molecule has 1 aliphatic heterocycles. The maximum Gasteiger partial charge on any atom is 0.295 e. The number of H-pyrrole nitrogens is 1. The van der Waals surface area contributed by atoms with Gasteiger partial charge in [-0.15, -0.1) is 0 Å². The Morgan fingerprint density at radius 2 is 1.82 bits per heavy atom. The highest BCUT2D eigenvalue weighted by molar-refractivity contribution is 6.46. The van der Waals surface area contributed by atoms with Crippen molar-refractivity contribution in [2.75, 3.05) is 14.2 Å². The van der Waals surface area contributed by atoms with Gasteiger partial charge >= 0.3 is 0 Å². The number of ether oxygens (including phenoxy) is 2. The molecule has 7 nitrogen and oxygen atoms in total. The van der Waals surface area contributed by atoms with Gasteiger partial charge in [0, 0.05) is 34.8 Å². The van der Waals surface area contributed by atoms with Crippen LogP contribution in [0.15, 0.2) is 54.2 Å². The third kappa shape index (κ3) is 3.35. The number of hydrogen-bond acceptors (Lipinski definition) is 5. The van der Waals surface area contributed by atoms with Crippen LogP contribution in [0.5, 0.6) is 11.5 Å². The molecule has 0 bridgehead atoms. The van der Waals surface area contributed by atoms with Crippen LogP contribution in [0.2, 0.25) is 0 Å². The molecule has 170 valence electrons. The molecule has 1 atom stereocenters. The van der Waals surface area contributed by atoms with Crippen molar-refractivity contribution in [3.05, 3.63) is 65.4 Å². The van der Waals surface area contributed by atoms with Gasteiger partial charge in [-0.05, 0) is 31.0 Å². The summed E-state index contributed by atoms with van der Waals surface area (Å²) in [6.07, 6.45) is 5.55. The summed E-state index contributed by atoms with van der Waals surface area (Å²) in [5.74, 6) is -0.568. The molecule has 1 unspecified atom stereocenters. The van der Waals surface area contributed by atoms with E-state index >= 15 is 0 Å². The molecule has 0 spiro atoms. The Labute approximate surface area is 191 Å². The molecule has 1 aromatic heterocycles. The number of Topliss-reactive ketones (excluding diaryl/α,β-unsaturated/α-hetero) is 1. The van der Waals surface area contributed by atoms with Gasteiger partial charge < -0.3 is 24.5 Å². The number of aliphatic hydroxyl groups is 1. The number of hydrogen-bond donors (Lipinski definition) is 2. The van der Waals surface area contributed by atoms with Crippen molar-refractivity contribution in [2.24, 2.45) is 0 Å². The van der Waals surface area contributed by atoms with Crippen LogP contribution in [-0.4, -0.2) is 46.9 Å². The molecule has 5 rings (SSSR count). The molecule has 7 heteroatoms. The lowest BCUT2D eigenvalue weighted by atomic mass is 9.94. The molecule has 2 aliphatic rings. The smallest absolute Gasteiger partial charge is 0.295 e. The van der Waals surface area contributed by atoms with E-state index in [1.54, 1.807) is 30.2 Å². The quantitative estimate of drug-likeness (QED) is 0.341. The fourth-order valence-corrected chi connectivity index (χ4v) is 5.17. The zero-order chi connectivity index (χ0) is 23.1. The van der Waals surface area contributed by atoms with Crippen LogP contribution in [0, 0.1) is 0 Å². The number of ketones is 1. The van der Waals surface area contributed by atoms with E-state index in [4.69, 9.17) is 9.47 Å². The third-order valence-electron chi connectivity index (χ3n) is 6.78. The minimum atomic E-state index is -0.684.